The Balaban J connectivity index is 0.00000192. The van der Waals surface area contributed by atoms with Crippen molar-refractivity contribution in [3.8, 4) is 0 Å². The number of aryl methyl sites for hydroxylation is 2. The van der Waals surface area contributed by atoms with Crippen LogP contribution in [0, 0.1) is 19.8 Å². The molecule has 0 aliphatic heterocycles. The smallest absolute Gasteiger partial charge is 0.193 e. The van der Waals surface area contributed by atoms with Crippen LogP contribution in [0.25, 0.3) is 0 Å². The standard InChI is InChI=1S/C19H23N3.HI/c1-13-8-14(2)10-17(9-13)22-19(20)21-12-16-11-18(16)15-6-4-3-5-7-15;/h3-10,16,18H,11-12H2,1-2H3,(H3,20,21,22);1H. The third-order valence-corrected chi connectivity index (χ3v) is 4.14. The Labute approximate surface area is 155 Å². The lowest BCUT2D eigenvalue weighted by Crippen LogP contribution is -2.23. The van der Waals surface area contributed by atoms with Crippen molar-refractivity contribution >= 4 is 35.6 Å². The van der Waals surface area contributed by atoms with Crippen LogP contribution in [-0.4, -0.2) is 12.5 Å². The molecule has 1 aliphatic carbocycles. The van der Waals surface area contributed by atoms with Crippen molar-refractivity contribution in [2.24, 2.45) is 16.6 Å². The third kappa shape index (κ3) is 4.96. The molecule has 3 N–H and O–H groups in total. The average Bonchev–Trinajstić information content (AvgIpc) is 3.24. The number of nitrogens with two attached hydrogens (primary N) is 1. The molecule has 0 aromatic heterocycles. The van der Waals surface area contributed by atoms with Crippen LogP contribution >= 0.6 is 24.0 Å². The number of hydrogen-bond donors (Lipinski definition) is 2. The van der Waals surface area contributed by atoms with Crippen LogP contribution in [0.2, 0.25) is 0 Å². The molecule has 122 valence electrons. The molecular formula is C19H24IN3. The summed E-state index contributed by atoms with van der Waals surface area (Å²) in [4.78, 5) is 4.50. The molecule has 0 saturated heterocycles. The maximum absolute atomic E-state index is 6.00. The topological polar surface area (TPSA) is 50.4 Å². The predicted octanol–water partition coefficient (Wildman–Crippen LogP) is 4.45. The quantitative estimate of drug-likeness (QED) is 0.436. The van der Waals surface area contributed by atoms with Crippen LogP contribution < -0.4 is 11.1 Å². The predicted molar refractivity (Wildman–Crippen MR) is 109 cm³/mol. The number of guanidine groups is 1. The van der Waals surface area contributed by atoms with Gasteiger partial charge in [0, 0.05) is 12.2 Å². The van der Waals surface area contributed by atoms with Crippen molar-refractivity contribution in [2.75, 3.05) is 11.9 Å². The monoisotopic (exact) mass is 421 g/mol. The summed E-state index contributed by atoms with van der Waals surface area (Å²) < 4.78 is 0. The lowest BCUT2D eigenvalue weighted by atomic mass is 10.1. The summed E-state index contributed by atoms with van der Waals surface area (Å²) in [5, 5.41) is 3.19. The Morgan fingerprint density at radius 3 is 2.43 bits per heavy atom. The lowest BCUT2D eigenvalue weighted by molar-refractivity contribution is 0.809. The lowest BCUT2D eigenvalue weighted by Gasteiger charge is -2.08. The van der Waals surface area contributed by atoms with E-state index in [9.17, 15) is 0 Å². The fraction of sp³-hybridized carbons (Fsp3) is 0.316. The van der Waals surface area contributed by atoms with Gasteiger partial charge in [-0.25, -0.2) is 0 Å². The highest BCUT2D eigenvalue weighted by atomic mass is 127. The van der Waals surface area contributed by atoms with Crippen LogP contribution in [0.4, 0.5) is 5.69 Å². The van der Waals surface area contributed by atoms with Gasteiger partial charge in [0.15, 0.2) is 5.96 Å². The molecule has 3 nitrogen and oxygen atoms in total. The van der Waals surface area contributed by atoms with Crippen molar-refractivity contribution in [2.45, 2.75) is 26.2 Å². The molecule has 1 fully saturated rings. The summed E-state index contributed by atoms with van der Waals surface area (Å²) in [6, 6.07) is 17.0. The first kappa shape index (κ1) is 17.8. The second-order valence-corrected chi connectivity index (χ2v) is 6.24. The van der Waals surface area contributed by atoms with Gasteiger partial charge in [-0.1, -0.05) is 36.4 Å². The minimum absolute atomic E-state index is 0. The zero-order valence-electron chi connectivity index (χ0n) is 13.6. The molecule has 2 atom stereocenters. The number of hydrogen-bond acceptors (Lipinski definition) is 1. The summed E-state index contributed by atoms with van der Waals surface area (Å²) in [5.41, 5.74) is 10.9. The Morgan fingerprint density at radius 2 is 1.78 bits per heavy atom. The van der Waals surface area contributed by atoms with Crippen LogP contribution in [-0.2, 0) is 0 Å². The van der Waals surface area contributed by atoms with E-state index < -0.39 is 0 Å². The van der Waals surface area contributed by atoms with E-state index in [0.717, 1.165) is 12.2 Å². The fourth-order valence-electron chi connectivity index (χ4n) is 3.01. The molecule has 2 aromatic rings. The van der Waals surface area contributed by atoms with Crippen molar-refractivity contribution in [3.63, 3.8) is 0 Å². The first-order valence-corrected chi connectivity index (χ1v) is 7.82. The van der Waals surface area contributed by atoms with E-state index in [2.05, 4.69) is 72.7 Å². The van der Waals surface area contributed by atoms with Gasteiger partial charge < -0.3 is 11.1 Å². The first-order valence-electron chi connectivity index (χ1n) is 7.82. The molecule has 1 saturated carbocycles. The highest BCUT2D eigenvalue weighted by Crippen LogP contribution is 2.47. The van der Waals surface area contributed by atoms with Crippen LogP contribution in [0.3, 0.4) is 0 Å². The Hall–Kier alpha value is -1.56. The normalized spacial score (nSPS) is 19.8. The maximum Gasteiger partial charge on any atom is 0.193 e. The Morgan fingerprint density at radius 1 is 1.13 bits per heavy atom. The molecule has 0 radical (unpaired) electrons. The molecule has 3 rings (SSSR count). The maximum atomic E-state index is 6.00. The Kier molecular flexibility index (Phi) is 6.04. The van der Waals surface area contributed by atoms with Crippen LogP contribution in [0.1, 0.15) is 29.0 Å². The van der Waals surface area contributed by atoms with Gasteiger partial charge in [-0.2, -0.15) is 0 Å². The second-order valence-electron chi connectivity index (χ2n) is 6.24. The minimum Gasteiger partial charge on any atom is -0.370 e. The number of nitrogens with zero attached hydrogens (tertiary/aromatic N) is 1. The van der Waals surface area contributed by atoms with E-state index in [1.165, 1.54) is 23.1 Å². The van der Waals surface area contributed by atoms with Gasteiger partial charge in [0.25, 0.3) is 0 Å². The van der Waals surface area contributed by atoms with Gasteiger partial charge in [0.2, 0.25) is 0 Å². The van der Waals surface area contributed by atoms with Gasteiger partial charge in [-0.15, -0.1) is 24.0 Å². The number of benzene rings is 2. The minimum atomic E-state index is 0. The molecule has 4 heteroatoms. The van der Waals surface area contributed by atoms with E-state index >= 15 is 0 Å². The summed E-state index contributed by atoms with van der Waals surface area (Å²) in [7, 11) is 0. The van der Waals surface area contributed by atoms with Gasteiger partial charge in [-0.3, -0.25) is 4.99 Å². The highest BCUT2D eigenvalue weighted by Gasteiger charge is 2.37. The Bertz CT molecular complexity index is 662. The van der Waals surface area contributed by atoms with Gasteiger partial charge in [-0.05, 0) is 60.9 Å². The van der Waals surface area contributed by atoms with Crippen molar-refractivity contribution in [3.05, 3.63) is 65.2 Å². The zero-order valence-corrected chi connectivity index (χ0v) is 16.0. The molecule has 0 bridgehead atoms. The number of nitrogens with one attached hydrogen (secondary N) is 1. The van der Waals surface area contributed by atoms with Crippen molar-refractivity contribution in [1.82, 2.24) is 0 Å². The van der Waals surface area contributed by atoms with E-state index in [1.54, 1.807) is 0 Å². The highest BCUT2D eigenvalue weighted by molar-refractivity contribution is 14.0. The van der Waals surface area contributed by atoms with Gasteiger partial charge in [0.1, 0.15) is 0 Å². The molecule has 0 amide bonds. The molecule has 23 heavy (non-hydrogen) atoms. The molecule has 2 aromatic carbocycles. The number of anilines is 1. The largest absolute Gasteiger partial charge is 0.370 e. The molecule has 0 heterocycles. The van der Waals surface area contributed by atoms with Crippen LogP contribution in [0.15, 0.2) is 53.5 Å². The van der Waals surface area contributed by atoms with E-state index in [-0.39, 0.29) is 24.0 Å². The second kappa shape index (κ2) is 7.81. The van der Waals surface area contributed by atoms with Gasteiger partial charge >= 0.3 is 0 Å². The van der Waals surface area contributed by atoms with Crippen molar-refractivity contribution in [1.29, 1.82) is 0 Å². The van der Waals surface area contributed by atoms with Crippen LogP contribution in [0.5, 0.6) is 0 Å². The molecular weight excluding hydrogens is 397 g/mol. The summed E-state index contributed by atoms with van der Waals surface area (Å²) in [5.74, 6) is 1.78. The van der Waals surface area contributed by atoms with Gasteiger partial charge in [0.05, 0.1) is 0 Å². The van der Waals surface area contributed by atoms with E-state index in [4.69, 9.17) is 5.73 Å². The third-order valence-electron chi connectivity index (χ3n) is 4.14. The zero-order chi connectivity index (χ0) is 15.5. The SMILES string of the molecule is Cc1cc(C)cc(NC(N)=NCC2CC2c2ccccc2)c1.I. The average molecular weight is 421 g/mol. The number of halogens is 1. The molecule has 1 aliphatic rings. The van der Waals surface area contributed by atoms with E-state index in [0.29, 0.717) is 17.8 Å². The van der Waals surface area contributed by atoms with Crippen molar-refractivity contribution < 1.29 is 0 Å². The molecule has 2 unspecified atom stereocenters. The summed E-state index contributed by atoms with van der Waals surface area (Å²) in [6.07, 6.45) is 1.21. The number of aliphatic imine (C=N–C) groups is 1. The molecule has 0 spiro atoms. The number of rotatable bonds is 4. The summed E-state index contributed by atoms with van der Waals surface area (Å²) in [6.45, 7) is 4.96. The van der Waals surface area contributed by atoms with E-state index in [1.807, 2.05) is 0 Å². The summed E-state index contributed by atoms with van der Waals surface area (Å²) >= 11 is 0. The first-order chi connectivity index (χ1) is 10.6. The fourth-order valence-corrected chi connectivity index (χ4v) is 3.01.